The Morgan fingerprint density at radius 3 is 2.35 bits per heavy atom. The van der Waals surface area contributed by atoms with Crippen LogP contribution in [0.1, 0.15) is 35.5 Å². The zero-order valence-electron chi connectivity index (χ0n) is 17.9. The molecule has 7 nitrogen and oxygen atoms in total. The number of benzene rings is 2. The lowest BCUT2D eigenvalue weighted by molar-refractivity contribution is 0.0785. The van der Waals surface area contributed by atoms with Crippen molar-refractivity contribution in [2.24, 2.45) is 0 Å². The molecule has 2 N–H and O–H groups in total. The lowest BCUT2D eigenvalue weighted by atomic mass is 9.97. The van der Waals surface area contributed by atoms with Crippen LogP contribution in [-0.2, 0) is 5.60 Å². The van der Waals surface area contributed by atoms with Gasteiger partial charge in [-0.1, -0.05) is 12.1 Å². The molecule has 2 heterocycles. The molecule has 4 rings (SSSR count). The van der Waals surface area contributed by atoms with Crippen LogP contribution in [0, 0.1) is 6.92 Å². The predicted octanol–water partition coefficient (Wildman–Crippen LogP) is 4.19. The van der Waals surface area contributed by atoms with Crippen LogP contribution in [0.3, 0.4) is 0 Å². The van der Waals surface area contributed by atoms with Gasteiger partial charge < -0.3 is 15.2 Å². The van der Waals surface area contributed by atoms with Crippen molar-refractivity contribution < 1.29 is 14.6 Å². The monoisotopic (exact) mass is 416 g/mol. The van der Waals surface area contributed by atoms with Crippen LogP contribution in [0.25, 0.3) is 16.9 Å². The minimum atomic E-state index is -0.964. The maximum absolute atomic E-state index is 12.8. The first-order valence-corrected chi connectivity index (χ1v) is 9.91. The molecular formula is C24H24N4O3. The molecule has 31 heavy (non-hydrogen) atoms. The lowest BCUT2D eigenvalue weighted by Crippen LogP contribution is -2.17. The second kappa shape index (κ2) is 7.85. The van der Waals surface area contributed by atoms with Crippen LogP contribution in [-0.4, -0.2) is 32.7 Å². The van der Waals surface area contributed by atoms with Crippen LogP contribution in [0.4, 0.5) is 5.82 Å². The summed E-state index contributed by atoms with van der Waals surface area (Å²) in [6.07, 6.45) is 0. The van der Waals surface area contributed by atoms with E-state index >= 15 is 0 Å². The number of nitrogens with zero attached hydrogens (tertiary/aromatic N) is 3. The van der Waals surface area contributed by atoms with Crippen LogP contribution >= 0.6 is 0 Å². The van der Waals surface area contributed by atoms with Gasteiger partial charge >= 0.3 is 0 Å². The molecule has 0 saturated carbocycles. The number of anilines is 1. The van der Waals surface area contributed by atoms with E-state index in [0.29, 0.717) is 17.0 Å². The topological polar surface area (TPSA) is 88.8 Å². The molecule has 0 fully saturated rings. The van der Waals surface area contributed by atoms with Gasteiger partial charge in [-0.3, -0.25) is 4.79 Å². The molecule has 0 unspecified atom stereocenters. The summed E-state index contributed by atoms with van der Waals surface area (Å²) in [7, 11) is 1.62. The van der Waals surface area contributed by atoms with Gasteiger partial charge in [0.1, 0.15) is 11.6 Å². The normalized spacial score (nSPS) is 11.5. The highest BCUT2D eigenvalue weighted by atomic mass is 16.5. The number of methoxy groups -OCH3 is 1. The van der Waals surface area contributed by atoms with E-state index in [1.54, 1.807) is 55.8 Å². The number of aromatic nitrogens is 3. The van der Waals surface area contributed by atoms with Crippen molar-refractivity contribution in [1.82, 2.24) is 14.6 Å². The Hall–Kier alpha value is -3.71. The molecule has 0 spiro atoms. The van der Waals surface area contributed by atoms with E-state index < -0.39 is 5.60 Å². The highest BCUT2D eigenvalue weighted by Gasteiger charge is 2.17. The molecule has 2 aromatic heterocycles. The van der Waals surface area contributed by atoms with E-state index in [1.807, 2.05) is 37.3 Å². The van der Waals surface area contributed by atoms with Gasteiger partial charge in [-0.2, -0.15) is 5.10 Å². The predicted molar refractivity (Wildman–Crippen MR) is 119 cm³/mol. The first kappa shape index (κ1) is 20.6. The standard InChI is InChI=1S/C24H24N4O3/c1-15-13-22-25-21(26-23(29)17-5-9-18(10-6-17)24(2,3)30)14-20(28(22)27-15)16-7-11-19(31-4)12-8-16/h5-14,30H,1-4H3,(H,25,26,29). The molecule has 0 atom stereocenters. The van der Waals surface area contributed by atoms with E-state index in [-0.39, 0.29) is 5.91 Å². The number of nitrogens with one attached hydrogen (secondary N) is 1. The second-order valence-electron chi connectivity index (χ2n) is 7.90. The van der Waals surface area contributed by atoms with Gasteiger partial charge in [0.05, 0.1) is 24.1 Å². The maximum atomic E-state index is 12.8. The van der Waals surface area contributed by atoms with Gasteiger partial charge in [0.25, 0.3) is 5.91 Å². The van der Waals surface area contributed by atoms with Crippen LogP contribution < -0.4 is 10.1 Å². The molecular weight excluding hydrogens is 392 g/mol. The minimum Gasteiger partial charge on any atom is -0.497 e. The van der Waals surface area contributed by atoms with E-state index in [4.69, 9.17) is 4.74 Å². The lowest BCUT2D eigenvalue weighted by Gasteiger charge is -2.17. The Labute approximate surface area is 180 Å². The second-order valence-corrected chi connectivity index (χ2v) is 7.90. The number of ether oxygens (including phenoxy) is 1. The number of amides is 1. The van der Waals surface area contributed by atoms with Gasteiger partial charge in [-0.15, -0.1) is 0 Å². The van der Waals surface area contributed by atoms with Crippen molar-refractivity contribution in [1.29, 1.82) is 0 Å². The summed E-state index contributed by atoms with van der Waals surface area (Å²) in [6.45, 7) is 5.31. The summed E-state index contributed by atoms with van der Waals surface area (Å²) < 4.78 is 7.00. The van der Waals surface area contributed by atoms with Gasteiger partial charge in [-0.05, 0) is 62.7 Å². The highest BCUT2D eigenvalue weighted by Crippen LogP contribution is 2.26. The molecule has 0 bridgehead atoms. The first-order valence-electron chi connectivity index (χ1n) is 9.91. The molecule has 0 aliphatic carbocycles. The molecule has 0 saturated heterocycles. The summed E-state index contributed by atoms with van der Waals surface area (Å²) in [4.78, 5) is 17.3. The SMILES string of the molecule is COc1ccc(-c2cc(NC(=O)c3ccc(C(C)(C)O)cc3)nc3cc(C)nn23)cc1. The summed E-state index contributed by atoms with van der Waals surface area (Å²) in [6, 6.07) is 18.1. The van der Waals surface area contributed by atoms with Crippen molar-refractivity contribution in [2.75, 3.05) is 12.4 Å². The Morgan fingerprint density at radius 1 is 1.06 bits per heavy atom. The van der Waals surface area contributed by atoms with Crippen LogP contribution in [0.2, 0.25) is 0 Å². The Morgan fingerprint density at radius 2 is 1.74 bits per heavy atom. The van der Waals surface area contributed by atoms with Crippen molar-refractivity contribution >= 4 is 17.4 Å². The summed E-state index contributed by atoms with van der Waals surface area (Å²) in [5.74, 6) is 0.902. The third kappa shape index (κ3) is 4.27. The van der Waals surface area contributed by atoms with Crippen molar-refractivity contribution in [3.05, 3.63) is 77.5 Å². The number of carbonyl (C=O) groups excluding carboxylic acids is 1. The number of aryl methyl sites for hydroxylation is 1. The van der Waals surface area contributed by atoms with Crippen molar-refractivity contribution in [3.63, 3.8) is 0 Å². The molecule has 4 aromatic rings. The number of aliphatic hydroxyl groups is 1. The molecule has 0 aliphatic heterocycles. The van der Waals surface area contributed by atoms with Gasteiger partial charge in [0, 0.05) is 23.3 Å². The van der Waals surface area contributed by atoms with Crippen molar-refractivity contribution in [2.45, 2.75) is 26.4 Å². The quantitative estimate of drug-likeness (QED) is 0.509. The maximum Gasteiger partial charge on any atom is 0.256 e. The highest BCUT2D eigenvalue weighted by molar-refractivity contribution is 6.04. The van der Waals surface area contributed by atoms with Gasteiger partial charge in [0.15, 0.2) is 5.65 Å². The fourth-order valence-corrected chi connectivity index (χ4v) is 3.34. The Bertz CT molecular complexity index is 1240. The molecule has 7 heteroatoms. The molecule has 0 aliphatic rings. The third-order valence-electron chi connectivity index (χ3n) is 5.03. The number of carbonyl (C=O) groups is 1. The van der Waals surface area contributed by atoms with Gasteiger partial charge in [0.2, 0.25) is 0 Å². The van der Waals surface area contributed by atoms with E-state index in [9.17, 15) is 9.90 Å². The molecule has 158 valence electrons. The fraction of sp³-hybridized carbons (Fsp3) is 0.208. The fourth-order valence-electron chi connectivity index (χ4n) is 3.34. The van der Waals surface area contributed by atoms with E-state index in [2.05, 4.69) is 15.4 Å². The van der Waals surface area contributed by atoms with E-state index in [0.717, 1.165) is 28.3 Å². The van der Waals surface area contributed by atoms with Crippen molar-refractivity contribution in [3.8, 4) is 17.0 Å². The first-order chi connectivity index (χ1) is 14.7. The summed E-state index contributed by atoms with van der Waals surface area (Å²) >= 11 is 0. The average Bonchev–Trinajstić information content (AvgIpc) is 3.12. The smallest absolute Gasteiger partial charge is 0.256 e. The molecule has 1 amide bonds. The number of hydrogen-bond donors (Lipinski definition) is 2. The van der Waals surface area contributed by atoms with Crippen LogP contribution in [0.5, 0.6) is 5.75 Å². The number of fused-ring (bicyclic) bond motifs is 1. The summed E-state index contributed by atoms with van der Waals surface area (Å²) in [5.41, 5.74) is 3.43. The van der Waals surface area contributed by atoms with Crippen LogP contribution in [0.15, 0.2) is 60.7 Å². The zero-order valence-corrected chi connectivity index (χ0v) is 17.9. The Kier molecular flexibility index (Phi) is 5.20. The van der Waals surface area contributed by atoms with E-state index in [1.165, 1.54) is 0 Å². The minimum absolute atomic E-state index is 0.281. The summed E-state index contributed by atoms with van der Waals surface area (Å²) in [5, 5.41) is 17.5. The zero-order chi connectivity index (χ0) is 22.2. The largest absolute Gasteiger partial charge is 0.497 e. The molecule has 0 radical (unpaired) electrons. The average molecular weight is 416 g/mol. The van der Waals surface area contributed by atoms with Gasteiger partial charge in [-0.25, -0.2) is 9.50 Å². The third-order valence-corrected chi connectivity index (χ3v) is 5.03. The number of rotatable bonds is 5. The Balaban J connectivity index is 1.68. The number of hydrogen-bond acceptors (Lipinski definition) is 5. The molecule has 2 aromatic carbocycles.